The van der Waals surface area contributed by atoms with E-state index in [1.165, 1.54) is 35.6 Å². The van der Waals surface area contributed by atoms with Crippen LogP contribution in [0, 0.1) is 5.92 Å². The highest BCUT2D eigenvalue weighted by atomic mass is 32.1. The summed E-state index contributed by atoms with van der Waals surface area (Å²) in [6.45, 7) is 1.98. The molecule has 0 fully saturated rings. The van der Waals surface area contributed by atoms with Crippen LogP contribution in [0.1, 0.15) is 41.8 Å². The Morgan fingerprint density at radius 1 is 0.569 bits per heavy atom. The number of esters is 2. The smallest absolute Gasteiger partial charge is 0.307 e. The first kappa shape index (κ1) is 47.0. The normalized spacial score (nSPS) is 21.1. The number of benzene rings is 4. The summed E-state index contributed by atoms with van der Waals surface area (Å²) in [5.74, 6) is -8.88. The molecule has 0 spiro atoms. The molecule has 0 saturated carbocycles. The van der Waals surface area contributed by atoms with Crippen molar-refractivity contribution in [2.24, 2.45) is 5.92 Å². The van der Waals surface area contributed by atoms with Crippen LogP contribution in [0.4, 0.5) is 5.69 Å². The molecule has 5 N–H and O–H groups in total. The van der Waals surface area contributed by atoms with Crippen molar-refractivity contribution in [2.75, 3.05) is 5.32 Å². The highest BCUT2D eigenvalue weighted by Crippen LogP contribution is 2.22. The number of nitrogens with one attached hydrogen (secondary N) is 4. The highest BCUT2D eigenvalue weighted by Gasteiger charge is 2.41. The Kier molecular flexibility index (Phi) is 16.1. The van der Waals surface area contributed by atoms with Gasteiger partial charge in [-0.1, -0.05) is 103 Å². The van der Waals surface area contributed by atoms with Crippen LogP contribution in [0.25, 0.3) is 11.1 Å². The average Bonchev–Trinajstić information content (AvgIpc) is 3.81. The van der Waals surface area contributed by atoms with Crippen LogP contribution >= 0.6 is 11.3 Å². The molecule has 15 nitrogen and oxygen atoms in total. The van der Waals surface area contributed by atoms with E-state index in [0.717, 1.165) is 25.0 Å². The maximum absolute atomic E-state index is 14.6. The number of carbonyl (C=O) groups excluding carboxylic acids is 7. The van der Waals surface area contributed by atoms with E-state index in [4.69, 9.17) is 9.47 Å². The molecule has 2 aliphatic heterocycles. The van der Waals surface area contributed by atoms with Gasteiger partial charge >= 0.3 is 17.9 Å². The second-order valence-electron chi connectivity index (χ2n) is 15.6. The van der Waals surface area contributed by atoms with E-state index in [9.17, 15) is 43.5 Å². The highest BCUT2D eigenvalue weighted by molar-refractivity contribution is 7.09. The molecule has 0 aliphatic carbocycles. The standard InChI is InChI=1S/C49H48N4O11S/c1-29(54)63-43-44(64-30(2)55)48(60)53-41(28-38-14-9-23-65-38)46(58)52-40(26-33-15-19-35(20-16-33)34-12-7-4-8-13-34)45(57)51-39(25-31-10-5-3-6-11-31)42(56)27-36(49(61)62)24-32-17-21-37(22-18-32)50-47(43)59/h3-23,36,39-41,43-44H,24-28H2,1-2H3,(H,50,59)(H,51,57)(H,52,58)(H,53,60)(H,61,62)/t36-,39-,40+,41-,43-,44-/m1/s1. The van der Waals surface area contributed by atoms with Gasteiger partial charge in [0.15, 0.2) is 5.78 Å². The van der Waals surface area contributed by atoms with Crippen LogP contribution in [0.3, 0.4) is 0 Å². The lowest BCUT2D eigenvalue weighted by atomic mass is 9.90. The Hall–Kier alpha value is -7.46. The van der Waals surface area contributed by atoms with Gasteiger partial charge in [-0.3, -0.25) is 38.4 Å². The van der Waals surface area contributed by atoms with Crippen LogP contribution in [0.5, 0.6) is 0 Å². The number of fused-ring (bicyclic) bond motifs is 18. The molecular formula is C49H48N4O11S. The van der Waals surface area contributed by atoms with Crippen molar-refractivity contribution >= 4 is 64.3 Å². The van der Waals surface area contributed by atoms with Crippen molar-refractivity contribution in [1.82, 2.24) is 16.0 Å². The van der Waals surface area contributed by atoms with Crippen LogP contribution in [-0.2, 0) is 73.5 Å². The molecule has 65 heavy (non-hydrogen) atoms. The summed E-state index contributed by atoms with van der Waals surface area (Å²) in [5.41, 5.74) is 3.80. The van der Waals surface area contributed by atoms with E-state index < -0.39 is 90.0 Å². The minimum Gasteiger partial charge on any atom is -0.481 e. The zero-order chi connectivity index (χ0) is 46.5. The number of ketones is 1. The predicted octanol–water partition coefficient (Wildman–Crippen LogP) is 4.62. The number of amides is 4. The number of aliphatic carboxylic acids is 1. The number of carbonyl (C=O) groups is 8. The van der Waals surface area contributed by atoms with Gasteiger partial charge in [-0.05, 0) is 64.2 Å². The number of carboxylic acids is 1. The molecule has 6 atom stereocenters. The molecule has 16 heteroatoms. The maximum Gasteiger partial charge on any atom is 0.307 e. The number of carboxylic acid groups (broad SMARTS) is 1. The lowest BCUT2D eigenvalue weighted by Crippen LogP contribution is -2.59. The fourth-order valence-corrected chi connectivity index (χ4v) is 8.11. The Balaban J connectivity index is 1.42. The number of rotatable bonds is 10. The Bertz CT molecular complexity index is 2480. The van der Waals surface area contributed by atoms with Crippen molar-refractivity contribution in [3.63, 3.8) is 0 Å². The first-order valence-electron chi connectivity index (χ1n) is 20.8. The van der Waals surface area contributed by atoms with Gasteiger partial charge < -0.3 is 35.8 Å². The molecule has 2 aliphatic rings. The lowest BCUT2D eigenvalue weighted by Gasteiger charge is -2.28. The third-order valence-electron chi connectivity index (χ3n) is 10.6. The van der Waals surface area contributed by atoms with Crippen molar-refractivity contribution in [1.29, 1.82) is 0 Å². The van der Waals surface area contributed by atoms with Crippen LogP contribution < -0.4 is 21.3 Å². The predicted molar refractivity (Wildman–Crippen MR) is 240 cm³/mol. The SMILES string of the molecule is CC(=O)O[C@H]1C(=O)Nc2ccc(cc2)C[C@@H](C(=O)O)CC(=O)[C@@H](Cc2ccccc2)NC(=O)[C@H](Cc2ccc(-c3ccccc3)cc2)NC(=O)[C@@H](Cc2cccs2)NC(=O)[C@@H]1OC(C)=O. The second kappa shape index (κ2) is 22.2. The molecule has 0 radical (unpaired) electrons. The fraction of sp³-hybridized carbons (Fsp3) is 0.265. The van der Waals surface area contributed by atoms with Gasteiger partial charge in [0, 0.05) is 43.7 Å². The molecule has 3 heterocycles. The van der Waals surface area contributed by atoms with Gasteiger partial charge in [-0.2, -0.15) is 0 Å². The average molecular weight is 901 g/mol. The zero-order valence-corrected chi connectivity index (χ0v) is 36.4. The molecule has 336 valence electrons. The van der Waals surface area contributed by atoms with E-state index >= 15 is 0 Å². The zero-order valence-electron chi connectivity index (χ0n) is 35.6. The summed E-state index contributed by atoms with van der Waals surface area (Å²) >= 11 is 1.28. The molecule has 2 bridgehead atoms. The van der Waals surface area contributed by atoms with E-state index in [0.29, 0.717) is 21.6 Å². The fourth-order valence-electron chi connectivity index (χ4n) is 7.36. The molecule has 1 aromatic heterocycles. The van der Waals surface area contributed by atoms with Crippen molar-refractivity contribution < 1.29 is 52.9 Å². The van der Waals surface area contributed by atoms with E-state index in [2.05, 4.69) is 21.3 Å². The number of Topliss-reactive ketones (excluding diaryl/α,β-unsaturated/α-hetero) is 1. The van der Waals surface area contributed by atoms with Gasteiger partial charge in [0.25, 0.3) is 11.8 Å². The maximum atomic E-state index is 14.6. The van der Waals surface area contributed by atoms with Gasteiger partial charge in [0.1, 0.15) is 12.1 Å². The van der Waals surface area contributed by atoms with Gasteiger partial charge in [-0.15, -0.1) is 11.3 Å². The third-order valence-corrected chi connectivity index (χ3v) is 11.5. The van der Waals surface area contributed by atoms with Crippen molar-refractivity contribution in [3.8, 4) is 11.1 Å². The summed E-state index contributed by atoms with van der Waals surface area (Å²) in [6.07, 6.45) is -4.89. The van der Waals surface area contributed by atoms with Gasteiger partial charge in [-0.25, -0.2) is 0 Å². The topological polar surface area (TPSA) is 223 Å². The number of ether oxygens (including phenoxy) is 2. The lowest BCUT2D eigenvalue weighted by molar-refractivity contribution is -0.173. The van der Waals surface area contributed by atoms with Crippen LogP contribution in [0.2, 0.25) is 0 Å². The van der Waals surface area contributed by atoms with Gasteiger partial charge in [0.05, 0.1) is 12.0 Å². The molecule has 0 unspecified atom stereocenters. The van der Waals surface area contributed by atoms with Crippen LogP contribution in [0.15, 0.2) is 127 Å². The summed E-state index contributed by atoms with van der Waals surface area (Å²) in [5, 5.41) is 22.8. The number of thiophene rings is 1. The molecule has 7 rings (SSSR count). The first-order valence-corrected chi connectivity index (χ1v) is 21.7. The van der Waals surface area contributed by atoms with E-state index in [1.54, 1.807) is 60.0 Å². The summed E-state index contributed by atoms with van der Waals surface area (Å²) < 4.78 is 10.6. The Labute approximate surface area is 378 Å². The molecule has 0 saturated heterocycles. The summed E-state index contributed by atoms with van der Waals surface area (Å²) in [6, 6.07) is 31.2. The molecule has 4 amide bonds. The van der Waals surface area contributed by atoms with E-state index in [-0.39, 0.29) is 31.4 Å². The van der Waals surface area contributed by atoms with Crippen LogP contribution in [-0.4, -0.2) is 82.8 Å². The molecular weight excluding hydrogens is 853 g/mol. The monoisotopic (exact) mass is 900 g/mol. The van der Waals surface area contributed by atoms with Gasteiger partial charge in [0.2, 0.25) is 24.0 Å². The second-order valence-corrected chi connectivity index (χ2v) is 16.6. The molecule has 4 aromatic carbocycles. The molecule has 5 aromatic rings. The first-order chi connectivity index (χ1) is 31.2. The largest absolute Gasteiger partial charge is 0.481 e. The minimum absolute atomic E-state index is 0.0106. The Morgan fingerprint density at radius 2 is 1.09 bits per heavy atom. The Morgan fingerprint density at radius 3 is 1.68 bits per heavy atom. The number of anilines is 1. The number of hydrogen-bond donors (Lipinski definition) is 5. The van der Waals surface area contributed by atoms with Crippen molar-refractivity contribution in [2.45, 2.75) is 76.3 Å². The minimum atomic E-state index is -2.09. The number of hydrogen-bond acceptors (Lipinski definition) is 11. The van der Waals surface area contributed by atoms with E-state index in [1.807, 2.05) is 42.5 Å². The summed E-state index contributed by atoms with van der Waals surface area (Å²) in [7, 11) is 0. The van der Waals surface area contributed by atoms with Crippen molar-refractivity contribution in [3.05, 3.63) is 148 Å². The summed E-state index contributed by atoms with van der Waals surface area (Å²) in [4.78, 5) is 110. The quantitative estimate of drug-likeness (QED) is 0.0962. The third kappa shape index (κ3) is 13.5.